The summed E-state index contributed by atoms with van der Waals surface area (Å²) in [5, 5.41) is 16.4. The molecule has 20 heavy (non-hydrogen) atoms. The fourth-order valence-electron chi connectivity index (χ4n) is 3.01. The van der Waals surface area contributed by atoms with Gasteiger partial charge in [-0.2, -0.15) is 0 Å². The third kappa shape index (κ3) is 2.30. The van der Waals surface area contributed by atoms with Crippen molar-refractivity contribution in [1.29, 1.82) is 0 Å². The number of anilines is 1. The minimum Gasteiger partial charge on any atom is -0.392 e. The Labute approximate surface area is 119 Å². The maximum Gasteiger partial charge on any atom is 0.0701 e. The molecule has 0 saturated heterocycles. The van der Waals surface area contributed by atoms with E-state index >= 15 is 0 Å². The minimum absolute atomic E-state index is 0.0573. The number of rotatable bonds is 4. The molecular formula is C17H20N2O. The Bertz CT molecular complexity index is 597. The van der Waals surface area contributed by atoms with Gasteiger partial charge in [-0.05, 0) is 30.7 Å². The van der Waals surface area contributed by atoms with Crippen molar-refractivity contribution in [1.82, 2.24) is 5.32 Å². The lowest BCUT2D eigenvalue weighted by molar-refractivity contribution is 0.282. The van der Waals surface area contributed by atoms with Gasteiger partial charge in [0.15, 0.2) is 0 Å². The van der Waals surface area contributed by atoms with Crippen molar-refractivity contribution in [2.45, 2.75) is 25.1 Å². The first-order valence-electron chi connectivity index (χ1n) is 7.04. The summed E-state index contributed by atoms with van der Waals surface area (Å²) < 4.78 is 0. The van der Waals surface area contributed by atoms with Crippen LogP contribution in [0, 0.1) is 0 Å². The lowest BCUT2D eigenvalue weighted by atomic mass is 10.1. The zero-order valence-electron chi connectivity index (χ0n) is 11.6. The van der Waals surface area contributed by atoms with Crippen LogP contribution in [0.4, 0.5) is 5.69 Å². The molecule has 0 bridgehead atoms. The van der Waals surface area contributed by atoms with Crippen LogP contribution in [0.15, 0.2) is 48.5 Å². The molecule has 0 fully saturated rings. The van der Waals surface area contributed by atoms with Gasteiger partial charge in [-0.25, -0.2) is 0 Å². The van der Waals surface area contributed by atoms with Crippen molar-refractivity contribution in [2.75, 3.05) is 12.4 Å². The molecule has 3 heteroatoms. The van der Waals surface area contributed by atoms with Crippen LogP contribution >= 0.6 is 0 Å². The second-order valence-electron chi connectivity index (χ2n) is 5.24. The molecule has 2 atom stereocenters. The van der Waals surface area contributed by atoms with Crippen molar-refractivity contribution in [3.8, 4) is 0 Å². The van der Waals surface area contributed by atoms with E-state index in [2.05, 4.69) is 34.9 Å². The van der Waals surface area contributed by atoms with E-state index in [-0.39, 0.29) is 12.6 Å². The number of para-hydroxylation sites is 1. The first-order valence-corrected chi connectivity index (χ1v) is 7.04. The number of likely N-dealkylation sites (N-methyl/N-ethyl adjacent to an activating group) is 1. The second-order valence-corrected chi connectivity index (χ2v) is 5.24. The van der Waals surface area contributed by atoms with Gasteiger partial charge in [-0.15, -0.1) is 0 Å². The summed E-state index contributed by atoms with van der Waals surface area (Å²) >= 11 is 0. The van der Waals surface area contributed by atoms with E-state index in [1.54, 1.807) is 0 Å². The van der Waals surface area contributed by atoms with E-state index in [1.165, 1.54) is 11.1 Å². The molecule has 2 unspecified atom stereocenters. The van der Waals surface area contributed by atoms with E-state index in [9.17, 15) is 5.11 Å². The molecule has 1 aliphatic carbocycles. The molecule has 0 saturated carbocycles. The van der Waals surface area contributed by atoms with Gasteiger partial charge in [0.25, 0.3) is 0 Å². The van der Waals surface area contributed by atoms with Crippen LogP contribution in [0.2, 0.25) is 0 Å². The van der Waals surface area contributed by atoms with E-state index in [4.69, 9.17) is 0 Å². The predicted octanol–water partition coefficient (Wildman–Crippen LogP) is 2.48. The average molecular weight is 268 g/mol. The topological polar surface area (TPSA) is 44.3 Å². The molecular weight excluding hydrogens is 248 g/mol. The standard InChI is InChI=1S/C17H20N2O/c1-18-16-10-12-6-2-4-8-14(12)17(16)19-15-9-5-3-7-13(15)11-20/h2-9,16-20H,10-11H2,1H3. The van der Waals surface area contributed by atoms with Gasteiger partial charge in [0.1, 0.15) is 0 Å². The average Bonchev–Trinajstić information content (AvgIpc) is 2.86. The number of aliphatic hydroxyl groups excluding tert-OH is 1. The maximum absolute atomic E-state index is 9.46. The Hall–Kier alpha value is -1.84. The molecule has 0 spiro atoms. The van der Waals surface area contributed by atoms with Crippen molar-refractivity contribution >= 4 is 5.69 Å². The molecule has 2 aromatic carbocycles. The highest BCUT2D eigenvalue weighted by Crippen LogP contribution is 2.34. The number of fused-ring (bicyclic) bond motifs is 1. The number of benzene rings is 2. The molecule has 3 N–H and O–H groups in total. The summed E-state index contributed by atoms with van der Waals surface area (Å²) in [6.07, 6.45) is 1.03. The number of nitrogens with one attached hydrogen (secondary N) is 2. The van der Waals surface area contributed by atoms with Gasteiger partial charge in [0.2, 0.25) is 0 Å². The Kier molecular flexibility index (Phi) is 3.72. The van der Waals surface area contributed by atoms with Crippen molar-refractivity contribution in [3.63, 3.8) is 0 Å². The zero-order valence-corrected chi connectivity index (χ0v) is 11.6. The summed E-state index contributed by atoms with van der Waals surface area (Å²) in [5.41, 5.74) is 4.69. The van der Waals surface area contributed by atoms with Crippen molar-refractivity contribution in [3.05, 3.63) is 65.2 Å². The van der Waals surface area contributed by atoms with Crippen LogP contribution in [0.1, 0.15) is 22.7 Å². The molecule has 104 valence electrons. The summed E-state index contributed by atoms with van der Waals surface area (Å²) in [6, 6.07) is 17.1. The Morgan fingerprint density at radius 1 is 1.10 bits per heavy atom. The maximum atomic E-state index is 9.46. The zero-order chi connectivity index (χ0) is 13.9. The number of aliphatic hydroxyl groups is 1. The third-order valence-corrected chi connectivity index (χ3v) is 4.10. The molecule has 3 nitrogen and oxygen atoms in total. The summed E-state index contributed by atoms with van der Waals surface area (Å²) in [7, 11) is 2.00. The molecule has 0 heterocycles. The van der Waals surface area contributed by atoms with E-state index in [0.717, 1.165) is 17.7 Å². The van der Waals surface area contributed by atoms with Crippen LogP contribution < -0.4 is 10.6 Å². The van der Waals surface area contributed by atoms with Crippen LogP contribution in [0.25, 0.3) is 0 Å². The lowest BCUT2D eigenvalue weighted by Crippen LogP contribution is -2.33. The molecule has 0 radical (unpaired) electrons. The Morgan fingerprint density at radius 3 is 2.65 bits per heavy atom. The van der Waals surface area contributed by atoms with E-state index in [1.807, 2.05) is 31.3 Å². The second kappa shape index (κ2) is 5.65. The smallest absolute Gasteiger partial charge is 0.0701 e. The monoisotopic (exact) mass is 268 g/mol. The normalized spacial score (nSPS) is 20.7. The number of hydrogen-bond acceptors (Lipinski definition) is 3. The van der Waals surface area contributed by atoms with Crippen LogP contribution in [-0.4, -0.2) is 18.2 Å². The Balaban J connectivity index is 1.92. The third-order valence-electron chi connectivity index (χ3n) is 4.10. The highest BCUT2D eigenvalue weighted by molar-refractivity contribution is 5.54. The predicted molar refractivity (Wildman–Crippen MR) is 81.7 cm³/mol. The summed E-state index contributed by atoms with van der Waals surface area (Å²) in [6.45, 7) is 0.0573. The molecule has 3 rings (SSSR count). The molecule has 0 aliphatic heterocycles. The van der Waals surface area contributed by atoms with Crippen LogP contribution in [-0.2, 0) is 13.0 Å². The van der Waals surface area contributed by atoms with Gasteiger partial charge in [-0.1, -0.05) is 42.5 Å². The molecule has 0 aromatic heterocycles. The summed E-state index contributed by atoms with van der Waals surface area (Å²) in [5.74, 6) is 0. The Morgan fingerprint density at radius 2 is 1.85 bits per heavy atom. The van der Waals surface area contributed by atoms with Crippen molar-refractivity contribution in [2.24, 2.45) is 0 Å². The van der Waals surface area contributed by atoms with Gasteiger partial charge in [0, 0.05) is 17.3 Å². The van der Waals surface area contributed by atoms with Gasteiger partial charge in [-0.3, -0.25) is 0 Å². The number of hydrogen-bond donors (Lipinski definition) is 3. The van der Waals surface area contributed by atoms with Gasteiger partial charge < -0.3 is 15.7 Å². The molecule has 1 aliphatic rings. The van der Waals surface area contributed by atoms with E-state index < -0.39 is 0 Å². The largest absolute Gasteiger partial charge is 0.392 e. The highest BCUT2D eigenvalue weighted by Gasteiger charge is 2.31. The molecule has 0 amide bonds. The summed E-state index contributed by atoms with van der Waals surface area (Å²) in [4.78, 5) is 0. The van der Waals surface area contributed by atoms with Gasteiger partial charge >= 0.3 is 0 Å². The quantitative estimate of drug-likeness (QED) is 0.798. The first-order chi connectivity index (χ1) is 9.83. The van der Waals surface area contributed by atoms with E-state index in [0.29, 0.717) is 6.04 Å². The fraction of sp³-hybridized carbons (Fsp3) is 0.294. The SMILES string of the molecule is CNC1Cc2ccccc2C1Nc1ccccc1CO. The minimum atomic E-state index is 0.0573. The first kappa shape index (κ1) is 13.2. The van der Waals surface area contributed by atoms with Crippen LogP contribution in [0.5, 0.6) is 0 Å². The van der Waals surface area contributed by atoms with Crippen LogP contribution in [0.3, 0.4) is 0 Å². The van der Waals surface area contributed by atoms with Gasteiger partial charge in [0.05, 0.1) is 12.6 Å². The van der Waals surface area contributed by atoms with Crippen molar-refractivity contribution < 1.29 is 5.11 Å². The highest BCUT2D eigenvalue weighted by atomic mass is 16.3. The lowest BCUT2D eigenvalue weighted by Gasteiger charge is -2.24. The molecule has 2 aromatic rings. The fourth-order valence-corrected chi connectivity index (χ4v) is 3.01.